The molecule has 0 bridgehead atoms. The minimum atomic E-state index is -0.529. The van der Waals surface area contributed by atoms with E-state index in [-0.39, 0.29) is 18.1 Å². The maximum absolute atomic E-state index is 13.3. The molecule has 40 heavy (non-hydrogen) atoms. The predicted molar refractivity (Wildman–Crippen MR) is 152 cm³/mol. The van der Waals surface area contributed by atoms with Crippen LogP contribution in [0.25, 0.3) is 22.6 Å². The lowest BCUT2D eigenvalue weighted by Crippen LogP contribution is -2.23. The molecule has 5 rings (SSSR count). The molecule has 0 aromatic carbocycles. The van der Waals surface area contributed by atoms with Crippen molar-refractivity contribution in [1.29, 1.82) is 0 Å². The fourth-order valence-corrected chi connectivity index (χ4v) is 4.47. The summed E-state index contributed by atoms with van der Waals surface area (Å²) in [5, 5.41) is 6.04. The molecule has 0 saturated carbocycles. The van der Waals surface area contributed by atoms with Crippen LogP contribution in [0.2, 0.25) is 0 Å². The normalized spacial score (nSPS) is 11.1. The van der Waals surface area contributed by atoms with Crippen LogP contribution in [-0.4, -0.2) is 48.5 Å². The Morgan fingerprint density at radius 3 is 2.60 bits per heavy atom. The van der Waals surface area contributed by atoms with Crippen molar-refractivity contribution in [2.24, 2.45) is 4.99 Å². The van der Waals surface area contributed by atoms with Crippen molar-refractivity contribution < 1.29 is 9.18 Å². The van der Waals surface area contributed by atoms with E-state index in [1.807, 2.05) is 31.2 Å². The molecule has 5 aromatic rings. The molecular weight excluding hydrogens is 529 g/mol. The van der Waals surface area contributed by atoms with Crippen molar-refractivity contribution in [2.75, 3.05) is 12.4 Å². The fraction of sp³-hybridized carbons (Fsp3) is 0.143. The van der Waals surface area contributed by atoms with E-state index in [9.17, 15) is 9.18 Å². The maximum atomic E-state index is 13.3. The third-order valence-corrected chi connectivity index (χ3v) is 6.48. The first-order valence-corrected chi connectivity index (χ1v) is 13.0. The summed E-state index contributed by atoms with van der Waals surface area (Å²) in [6, 6.07) is 13.7. The zero-order valence-corrected chi connectivity index (χ0v) is 22.7. The second-order valence-corrected chi connectivity index (χ2v) is 9.61. The number of nitrogens with zero attached hydrogens (tertiary/aromatic N) is 7. The number of pyridine rings is 3. The van der Waals surface area contributed by atoms with Crippen LogP contribution in [0.1, 0.15) is 32.3 Å². The van der Waals surface area contributed by atoms with Crippen molar-refractivity contribution in [3.05, 3.63) is 94.4 Å². The molecule has 10 nitrogen and oxygen atoms in total. The standard InChI is InChI=1S/C28H24FN9OS/c1-16-10-25(36-26-11-20(15-30-3)40-38-26)37-27(34-16)19-5-8-23(32-14-19)28(39)33-13-18-4-7-22(31-12-18)21-6-9-24(29)35-17(21)2/h4-12,14-15H,13H2,1-3H3,(H,33,39)(H,34,36,37,38)/b30-15-. The first-order chi connectivity index (χ1) is 19.4. The lowest BCUT2D eigenvalue weighted by atomic mass is 10.1. The van der Waals surface area contributed by atoms with E-state index in [0.29, 0.717) is 34.4 Å². The molecule has 2 N–H and O–H groups in total. The molecule has 200 valence electrons. The Morgan fingerprint density at radius 2 is 1.88 bits per heavy atom. The van der Waals surface area contributed by atoms with Crippen molar-refractivity contribution in [3.8, 4) is 22.6 Å². The number of aromatic nitrogens is 6. The third-order valence-electron chi connectivity index (χ3n) is 5.75. The highest BCUT2D eigenvalue weighted by atomic mass is 32.1. The summed E-state index contributed by atoms with van der Waals surface area (Å²) < 4.78 is 17.6. The number of carbonyl (C=O) groups is 1. The molecular formula is C28H24FN9OS. The number of aryl methyl sites for hydroxylation is 2. The molecule has 5 aromatic heterocycles. The molecule has 0 fully saturated rings. The summed E-state index contributed by atoms with van der Waals surface area (Å²) in [6.45, 7) is 3.88. The van der Waals surface area contributed by atoms with Gasteiger partial charge < -0.3 is 10.6 Å². The van der Waals surface area contributed by atoms with Crippen LogP contribution in [0.4, 0.5) is 16.0 Å². The van der Waals surface area contributed by atoms with Gasteiger partial charge in [-0.3, -0.25) is 19.8 Å². The summed E-state index contributed by atoms with van der Waals surface area (Å²) in [6.07, 6.45) is 4.98. The van der Waals surface area contributed by atoms with Gasteiger partial charge in [-0.25, -0.2) is 15.0 Å². The highest BCUT2D eigenvalue weighted by molar-refractivity contribution is 7.08. The number of carbonyl (C=O) groups excluding carboxylic acids is 1. The quantitative estimate of drug-likeness (QED) is 0.204. The van der Waals surface area contributed by atoms with Crippen molar-refractivity contribution in [2.45, 2.75) is 20.4 Å². The monoisotopic (exact) mass is 553 g/mol. The van der Waals surface area contributed by atoms with Gasteiger partial charge in [0.15, 0.2) is 5.82 Å². The van der Waals surface area contributed by atoms with Gasteiger partial charge in [-0.05, 0) is 61.3 Å². The predicted octanol–water partition coefficient (Wildman–Crippen LogP) is 4.93. The van der Waals surface area contributed by atoms with Crippen LogP contribution in [-0.2, 0) is 6.54 Å². The van der Waals surface area contributed by atoms with E-state index in [4.69, 9.17) is 0 Å². The average molecular weight is 554 g/mol. The van der Waals surface area contributed by atoms with Crippen LogP contribution in [0.5, 0.6) is 0 Å². The molecule has 0 aliphatic rings. The zero-order valence-electron chi connectivity index (χ0n) is 21.9. The van der Waals surface area contributed by atoms with Crippen molar-refractivity contribution in [3.63, 3.8) is 0 Å². The lowest BCUT2D eigenvalue weighted by molar-refractivity contribution is 0.0946. The Kier molecular flexibility index (Phi) is 7.87. The van der Waals surface area contributed by atoms with E-state index in [1.54, 1.807) is 50.8 Å². The molecule has 0 aliphatic heterocycles. The van der Waals surface area contributed by atoms with Crippen LogP contribution < -0.4 is 10.6 Å². The van der Waals surface area contributed by atoms with Gasteiger partial charge in [-0.15, -0.1) is 0 Å². The number of rotatable bonds is 8. The molecule has 1 amide bonds. The summed E-state index contributed by atoms with van der Waals surface area (Å²) >= 11 is 1.34. The van der Waals surface area contributed by atoms with Gasteiger partial charge >= 0.3 is 0 Å². The summed E-state index contributed by atoms with van der Waals surface area (Å²) in [7, 11) is 1.71. The Balaban J connectivity index is 1.22. The van der Waals surface area contributed by atoms with Crippen LogP contribution in [0.15, 0.2) is 65.9 Å². The minimum Gasteiger partial charge on any atom is -0.347 e. The smallest absolute Gasteiger partial charge is 0.270 e. The van der Waals surface area contributed by atoms with E-state index in [0.717, 1.165) is 21.7 Å². The first kappa shape index (κ1) is 26.6. The zero-order chi connectivity index (χ0) is 28.1. The van der Waals surface area contributed by atoms with E-state index >= 15 is 0 Å². The number of amides is 1. The van der Waals surface area contributed by atoms with Crippen molar-refractivity contribution in [1.82, 2.24) is 34.6 Å². The molecule has 12 heteroatoms. The number of nitrogens with one attached hydrogen (secondary N) is 2. The van der Waals surface area contributed by atoms with Gasteiger partial charge in [0.05, 0.1) is 10.6 Å². The maximum Gasteiger partial charge on any atom is 0.270 e. The lowest BCUT2D eigenvalue weighted by Gasteiger charge is -2.08. The van der Waals surface area contributed by atoms with Gasteiger partial charge in [-0.1, -0.05) is 6.07 Å². The Labute approximate surface area is 233 Å². The number of aliphatic imine (C=N–C) groups is 1. The molecule has 5 heterocycles. The third kappa shape index (κ3) is 6.35. The van der Waals surface area contributed by atoms with Gasteiger partial charge in [-0.2, -0.15) is 8.76 Å². The second kappa shape index (κ2) is 11.8. The fourth-order valence-electron chi connectivity index (χ4n) is 3.85. The second-order valence-electron chi connectivity index (χ2n) is 8.78. The van der Waals surface area contributed by atoms with Crippen LogP contribution in [0.3, 0.4) is 0 Å². The molecule has 0 atom stereocenters. The highest BCUT2D eigenvalue weighted by Gasteiger charge is 2.12. The minimum absolute atomic E-state index is 0.264. The van der Waals surface area contributed by atoms with Gasteiger partial charge in [0.25, 0.3) is 5.91 Å². The molecule has 0 saturated heterocycles. The largest absolute Gasteiger partial charge is 0.347 e. The molecule has 0 unspecified atom stereocenters. The van der Waals surface area contributed by atoms with E-state index in [2.05, 4.69) is 44.9 Å². The number of hydrogen-bond acceptors (Lipinski definition) is 10. The summed E-state index contributed by atoms with van der Waals surface area (Å²) in [5.41, 5.74) is 4.50. The van der Waals surface area contributed by atoms with Gasteiger partial charge in [0.2, 0.25) is 5.95 Å². The topological polar surface area (TPSA) is 131 Å². The van der Waals surface area contributed by atoms with Crippen molar-refractivity contribution >= 4 is 35.3 Å². The number of halogens is 1. The highest BCUT2D eigenvalue weighted by Crippen LogP contribution is 2.22. The molecule has 0 radical (unpaired) electrons. The van der Waals surface area contributed by atoms with Crippen LogP contribution >= 0.6 is 11.5 Å². The number of hydrogen-bond donors (Lipinski definition) is 2. The first-order valence-electron chi connectivity index (χ1n) is 12.2. The molecule has 0 aliphatic carbocycles. The van der Waals surface area contributed by atoms with E-state index < -0.39 is 5.95 Å². The number of anilines is 2. The van der Waals surface area contributed by atoms with Gasteiger partial charge in [0, 0.05) is 66.8 Å². The summed E-state index contributed by atoms with van der Waals surface area (Å²) in [4.78, 5) is 39.3. The Hall–Kier alpha value is -4.97. The van der Waals surface area contributed by atoms with E-state index in [1.165, 1.54) is 17.6 Å². The Bertz CT molecular complexity index is 1690. The summed E-state index contributed by atoms with van der Waals surface area (Å²) in [5.74, 6) is 0.891. The van der Waals surface area contributed by atoms with Crippen LogP contribution in [0, 0.1) is 19.8 Å². The SMILES string of the molecule is C/N=C\c1cc(Nc2cc(C)nc(-c3ccc(C(=O)NCc4ccc(-c5ccc(F)nc5C)nc4)nc3)n2)ns1. The molecule has 0 spiro atoms. The Morgan fingerprint density at radius 1 is 1.00 bits per heavy atom. The van der Waals surface area contributed by atoms with Gasteiger partial charge in [0.1, 0.15) is 17.3 Å². The average Bonchev–Trinajstić information content (AvgIpc) is 3.38.